The van der Waals surface area contributed by atoms with Gasteiger partial charge in [-0.1, -0.05) is 47.5 Å². The molecular weight excluding hydrogens is 658 g/mol. The Bertz CT molecular complexity index is 1900. The minimum absolute atomic E-state index is 0.0377. The van der Waals surface area contributed by atoms with E-state index in [1.54, 1.807) is 19.1 Å². The number of piperazine rings is 1. The van der Waals surface area contributed by atoms with Crippen molar-refractivity contribution in [1.82, 2.24) is 19.8 Å². The molecule has 6 nitrogen and oxygen atoms in total. The van der Waals surface area contributed by atoms with Crippen LogP contribution in [0.15, 0.2) is 84.9 Å². The highest BCUT2D eigenvalue weighted by Gasteiger charge is 2.30. The van der Waals surface area contributed by atoms with Crippen LogP contribution in [-0.4, -0.2) is 53.5 Å². The number of hydrogen-bond donors (Lipinski definition) is 1. The molecule has 1 saturated heterocycles. The summed E-state index contributed by atoms with van der Waals surface area (Å²) < 4.78 is 41.9. The van der Waals surface area contributed by atoms with E-state index in [4.69, 9.17) is 28.2 Å². The summed E-state index contributed by atoms with van der Waals surface area (Å²) in [7, 11) is 2.13. The third-order valence-corrected chi connectivity index (χ3v) is 9.56. The van der Waals surface area contributed by atoms with E-state index >= 15 is 0 Å². The summed E-state index contributed by atoms with van der Waals surface area (Å²) in [6, 6.07) is 24.6. The fraction of sp³-hybridized carbons (Fsp3) is 0.297. The quantitative estimate of drug-likeness (QED) is 0.159. The number of imidazole rings is 1. The van der Waals surface area contributed by atoms with Gasteiger partial charge in [0, 0.05) is 63.0 Å². The molecular formula is C37H36Cl2F3N5O. The number of rotatable bonds is 10. The predicted molar refractivity (Wildman–Crippen MR) is 187 cm³/mol. The third kappa shape index (κ3) is 7.87. The van der Waals surface area contributed by atoms with Crippen LogP contribution in [0.25, 0.3) is 22.4 Å². The normalized spacial score (nSPS) is 14.9. The zero-order chi connectivity index (χ0) is 34.0. The molecule has 0 bridgehead atoms. The topological polar surface area (TPSA) is 53.4 Å². The largest absolute Gasteiger partial charge is 0.416 e. The van der Waals surface area contributed by atoms with Crippen molar-refractivity contribution in [3.05, 3.63) is 117 Å². The number of Topliss-reactive ketones (excluding diaryl/α,β-unsaturated/α-hetero) is 1. The first-order valence-corrected chi connectivity index (χ1v) is 16.6. The third-order valence-electron chi connectivity index (χ3n) is 8.82. The smallest absolute Gasteiger partial charge is 0.369 e. The summed E-state index contributed by atoms with van der Waals surface area (Å²) >= 11 is 12.3. The first-order chi connectivity index (χ1) is 22.9. The Morgan fingerprint density at radius 1 is 0.875 bits per heavy atom. The Kier molecular flexibility index (Phi) is 10.1. The van der Waals surface area contributed by atoms with E-state index in [1.807, 2.05) is 28.8 Å². The van der Waals surface area contributed by atoms with E-state index in [9.17, 15) is 18.0 Å². The van der Waals surface area contributed by atoms with Gasteiger partial charge in [0.1, 0.15) is 11.6 Å². The molecule has 48 heavy (non-hydrogen) atoms. The van der Waals surface area contributed by atoms with Crippen LogP contribution in [0.2, 0.25) is 10.0 Å². The Morgan fingerprint density at radius 2 is 1.56 bits per heavy atom. The van der Waals surface area contributed by atoms with Gasteiger partial charge in [0.15, 0.2) is 0 Å². The molecule has 0 amide bonds. The number of likely N-dealkylation sites (N-methyl/N-ethyl adjacent to an activating group) is 1. The lowest BCUT2D eigenvalue weighted by molar-refractivity contribution is -0.137. The molecule has 1 unspecified atom stereocenters. The first kappa shape index (κ1) is 34.0. The maximum absolute atomic E-state index is 13.3. The van der Waals surface area contributed by atoms with E-state index < -0.39 is 11.7 Å². The molecule has 0 spiro atoms. The Hall–Kier alpha value is -3.89. The maximum Gasteiger partial charge on any atom is 0.416 e. The van der Waals surface area contributed by atoms with Crippen molar-refractivity contribution in [2.75, 3.05) is 38.1 Å². The van der Waals surface area contributed by atoms with Gasteiger partial charge in [-0.15, -0.1) is 0 Å². The second kappa shape index (κ2) is 14.3. The van der Waals surface area contributed by atoms with E-state index in [0.717, 1.165) is 77.3 Å². The number of nitrogens with one attached hydrogen (secondary N) is 1. The van der Waals surface area contributed by atoms with Gasteiger partial charge in [0.05, 0.1) is 26.6 Å². The summed E-state index contributed by atoms with van der Waals surface area (Å²) in [5, 5.41) is 4.42. The highest BCUT2D eigenvalue weighted by Crippen LogP contribution is 2.33. The molecule has 250 valence electrons. The first-order valence-electron chi connectivity index (χ1n) is 15.8. The number of halogens is 5. The highest BCUT2D eigenvalue weighted by atomic mass is 35.5. The number of nitrogens with zero attached hydrogens (tertiary/aromatic N) is 4. The second-order valence-corrected chi connectivity index (χ2v) is 13.2. The fourth-order valence-corrected chi connectivity index (χ4v) is 6.42. The maximum atomic E-state index is 13.3. The Morgan fingerprint density at radius 3 is 2.21 bits per heavy atom. The number of ketones is 1. The van der Waals surface area contributed by atoms with Crippen LogP contribution in [0.4, 0.5) is 18.9 Å². The minimum atomic E-state index is -4.41. The molecule has 4 aromatic carbocycles. The predicted octanol–water partition coefficient (Wildman–Crippen LogP) is 8.64. The molecule has 1 aliphatic heterocycles. The van der Waals surface area contributed by atoms with E-state index in [-0.39, 0.29) is 18.2 Å². The molecule has 6 rings (SSSR count). The molecule has 1 fully saturated rings. The summed E-state index contributed by atoms with van der Waals surface area (Å²) in [4.78, 5) is 22.1. The SMILES string of the molecule is CC(=O)CC(NCc1ccc(Cl)c(Cl)c1)c1ccc2c(c1)nc(-c1ccc(N3CCN(C)CC3)cc1)n2Cc1ccc(C(F)(F)F)cc1. The van der Waals surface area contributed by atoms with Crippen LogP contribution in [0, 0.1) is 0 Å². The van der Waals surface area contributed by atoms with Crippen molar-refractivity contribution in [1.29, 1.82) is 0 Å². The summed E-state index contributed by atoms with van der Waals surface area (Å²) in [5.74, 6) is 0.745. The van der Waals surface area contributed by atoms with Crippen molar-refractivity contribution < 1.29 is 18.0 Å². The molecule has 11 heteroatoms. The van der Waals surface area contributed by atoms with Crippen molar-refractivity contribution in [2.45, 2.75) is 38.7 Å². The molecule has 1 atom stereocenters. The average molecular weight is 695 g/mol. The lowest BCUT2D eigenvalue weighted by Gasteiger charge is -2.34. The van der Waals surface area contributed by atoms with Crippen molar-refractivity contribution in [3.8, 4) is 11.4 Å². The number of aromatic nitrogens is 2. The lowest BCUT2D eigenvalue weighted by Crippen LogP contribution is -2.44. The van der Waals surface area contributed by atoms with Gasteiger partial charge in [-0.2, -0.15) is 13.2 Å². The van der Waals surface area contributed by atoms with Crippen molar-refractivity contribution >= 4 is 45.7 Å². The molecule has 0 saturated carbocycles. The standard InChI is InChI=1S/C37H36Cl2F3N5O/c1-24(48)19-33(43-22-26-5-13-31(38)32(39)20-26)28-8-14-35-34(21-28)44-36(47(35)23-25-3-9-29(10-4-25)37(40,41)42)27-6-11-30(12-7-27)46-17-15-45(2)16-18-46/h3-14,20-21,33,43H,15-19,22-23H2,1-2H3. The summed E-state index contributed by atoms with van der Waals surface area (Å²) in [6.07, 6.45) is -4.13. The summed E-state index contributed by atoms with van der Waals surface area (Å²) in [6.45, 7) is 6.27. The van der Waals surface area contributed by atoms with Gasteiger partial charge in [-0.05, 0) is 91.3 Å². The molecule has 1 aromatic heterocycles. The summed E-state index contributed by atoms with van der Waals surface area (Å²) in [5.41, 5.74) is 5.46. The molecule has 0 aliphatic carbocycles. The second-order valence-electron chi connectivity index (χ2n) is 12.4. The number of anilines is 1. The van der Waals surface area contributed by atoms with E-state index in [0.29, 0.717) is 29.0 Å². The number of benzene rings is 4. The average Bonchev–Trinajstić information content (AvgIpc) is 3.42. The van der Waals surface area contributed by atoms with E-state index in [1.165, 1.54) is 12.1 Å². The fourth-order valence-electron chi connectivity index (χ4n) is 6.10. The highest BCUT2D eigenvalue weighted by molar-refractivity contribution is 6.42. The van der Waals surface area contributed by atoms with Crippen molar-refractivity contribution in [2.24, 2.45) is 0 Å². The van der Waals surface area contributed by atoms with Crippen LogP contribution in [0.5, 0.6) is 0 Å². The number of carbonyl (C=O) groups is 1. The van der Waals surface area contributed by atoms with Crippen molar-refractivity contribution in [3.63, 3.8) is 0 Å². The van der Waals surface area contributed by atoms with Gasteiger partial charge in [-0.3, -0.25) is 4.79 Å². The zero-order valence-corrected chi connectivity index (χ0v) is 28.2. The molecule has 5 aromatic rings. The monoisotopic (exact) mass is 693 g/mol. The zero-order valence-electron chi connectivity index (χ0n) is 26.7. The lowest BCUT2D eigenvalue weighted by atomic mass is 10.0. The van der Waals surface area contributed by atoms with Crippen LogP contribution >= 0.6 is 23.2 Å². The minimum Gasteiger partial charge on any atom is -0.369 e. The molecule has 0 radical (unpaired) electrons. The Balaban J connectivity index is 1.35. The van der Waals surface area contributed by atoms with Gasteiger partial charge < -0.3 is 19.7 Å². The Labute approximate surface area is 288 Å². The number of fused-ring (bicyclic) bond motifs is 1. The van der Waals surface area contributed by atoms with E-state index in [2.05, 4.69) is 46.4 Å². The van der Waals surface area contributed by atoms with Crippen LogP contribution in [-0.2, 0) is 24.1 Å². The van der Waals surface area contributed by atoms with Crippen LogP contribution in [0.1, 0.15) is 41.6 Å². The van der Waals surface area contributed by atoms with Gasteiger partial charge in [0.25, 0.3) is 0 Å². The number of hydrogen-bond acceptors (Lipinski definition) is 5. The van der Waals surface area contributed by atoms with Crippen LogP contribution < -0.4 is 10.2 Å². The number of alkyl halides is 3. The molecule has 1 aliphatic rings. The van der Waals surface area contributed by atoms with Gasteiger partial charge in [-0.25, -0.2) is 4.98 Å². The number of carbonyl (C=O) groups excluding carboxylic acids is 1. The van der Waals surface area contributed by atoms with Crippen LogP contribution in [0.3, 0.4) is 0 Å². The van der Waals surface area contributed by atoms with Gasteiger partial charge in [0.2, 0.25) is 0 Å². The van der Waals surface area contributed by atoms with Gasteiger partial charge >= 0.3 is 6.18 Å². The molecule has 2 heterocycles. The molecule has 1 N–H and O–H groups in total.